The van der Waals surface area contributed by atoms with Gasteiger partial charge in [-0.05, 0) is 50.5 Å². The molecule has 2 N–H and O–H groups in total. The Kier molecular flexibility index (Phi) is 4.00. The van der Waals surface area contributed by atoms with Crippen LogP contribution in [0.1, 0.15) is 25.8 Å². The normalized spacial score (nSPS) is 11.5. The zero-order chi connectivity index (χ0) is 11.5. The number of aryl methyl sites for hydroxylation is 1. The van der Waals surface area contributed by atoms with Crippen LogP contribution in [0.15, 0.2) is 18.2 Å². The highest BCUT2D eigenvalue weighted by molar-refractivity contribution is 6.30. The van der Waals surface area contributed by atoms with Crippen LogP contribution in [0.25, 0.3) is 0 Å². The number of benzene rings is 1. The second-order valence-corrected chi connectivity index (χ2v) is 4.88. The van der Waals surface area contributed by atoms with Crippen molar-refractivity contribution in [2.24, 2.45) is 5.73 Å². The van der Waals surface area contributed by atoms with Crippen molar-refractivity contribution >= 4 is 11.6 Å². The van der Waals surface area contributed by atoms with Gasteiger partial charge in [0.05, 0.1) is 7.11 Å². The lowest BCUT2D eigenvalue weighted by molar-refractivity contribution is 0.404. The number of hydrogen-bond acceptors (Lipinski definition) is 2. The molecule has 0 heterocycles. The molecule has 0 bridgehead atoms. The third-order valence-electron chi connectivity index (χ3n) is 2.28. The smallest absolute Gasteiger partial charge is 0.122 e. The second-order valence-electron chi connectivity index (χ2n) is 4.44. The molecule has 0 unspecified atom stereocenters. The van der Waals surface area contributed by atoms with E-state index in [-0.39, 0.29) is 5.54 Å². The molecule has 0 amide bonds. The number of hydrogen-bond donors (Lipinski definition) is 1. The molecule has 0 spiro atoms. The van der Waals surface area contributed by atoms with Crippen molar-refractivity contribution in [1.29, 1.82) is 0 Å². The molecule has 0 fully saturated rings. The van der Waals surface area contributed by atoms with Gasteiger partial charge in [-0.3, -0.25) is 0 Å². The minimum atomic E-state index is -0.159. The van der Waals surface area contributed by atoms with Crippen LogP contribution in [-0.2, 0) is 6.42 Å². The maximum atomic E-state index is 5.94. The van der Waals surface area contributed by atoms with Crippen molar-refractivity contribution in [2.75, 3.05) is 7.11 Å². The molecule has 0 aliphatic carbocycles. The standard InChI is InChI=1S/C12H18ClNO/c1-12(2,14)7-6-9-8-10(13)4-5-11(9)15-3/h4-5,8H,6-7,14H2,1-3H3. The van der Waals surface area contributed by atoms with Crippen LogP contribution in [0.3, 0.4) is 0 Å². The minimum Gasteiger partial charge on any atom is -0.496 e. The van der Waals surface area contributed by atoms with Crippen molar-refractivity contribution in [1.82, 2.24) is 0 Å². The summed E-state index contributed by atoms with van der Waals surface area (Å²) in [5.41, 5.74) is 6.89. The van der Waals surface area contributed by atoms with E-state index in [4.69, 9.17) is 22.1 Å². The summed E-state index contributed by atoms with van der Waals surface area (Å²) in [6, 6.07) is 5.66. The maximum Gasteiger partial charge on any atom is 0.122 e. The average molecular weight is 228 g/mol. The Morgan fingerprint density at radius 1 is 1.40 bits per heavy atom. The fraction of sp³-hybridized carbons (Fsp3) is 0.500. The third kappa shape index (κ3) is 4.10. The van der Waals surface area contributed by atoms with E-state index in [9.17, 15) is 0 Å². The van der Waals surface area contributed by atoms with Gasteiger partial charge in [-0.2, -0.15) is 0 Å². The molecular weight excluding hydrogens is 210 g/mol. The first-order valence-electron chi connectivity index (χ1n) is 5.04. The average Bonchev–Trinajstić information content (AvgIpc) is 2.14. The molecule has 1 rings (SSSR count). The van der Waals surface area contributed by atoms with Gasteiger partial charge in [0, 0.05) is 10.6 Å². The number of methoxy groups -OCH3 is 1. The van der Waals surface area contributed by atoms with Gasteiger partial charge in [0.25, 0.3) is 0 Å². The highest BCUT2D eigenvalue weighted by Crippen LogP contribution is 2.25. The lowest BCUT2D eigenvalue weighted by Crippen LogP contribution is -2.32. The molecule has 0 saturated heterocycles. The first-order chi connectivity index (χ1) is 6.92. The summed E-state index contributed by atoms with van der Waals surface area (Å²) in [5.74, 6) is 0.878. The molecule has 2 nitrogen and oxygen atoms in total. The van der Waals surface area contributed by atoms with Gasteiger partial charge in [0.2, 0.25) is 0 Å². The summed E-state index contributed by atoms with van der Waals surface area (Å²) < 4.78 is 5.27. The van der Waals surface area contributed by atoms with Gasteiger partial charge in [-0.1, -0.05) is 11.6 Å². The van der Waals surface area contributed by atoms with Crippen LogP contribution >= 0.6 is 11.6 Å². The molecule has 1 aromatic rings. The highest BCUT2D eigenvalue weighted by atomic mass is 35.5. The lowest BCUT2D eigenvalue weighted by atomic mass is 9.96. The Morgan fingerprint density at radius 2 is 2.07 bits per heavy atom. The van der Waals surface area contributed by atoms with E-state index in [0.717, 1.165) is 29.2 Å². The molecule has 1 aromatic carbocycles. The minimum absolute atomic E-state index is 0.159. The van der Waals surface area contributed by atoms with E-state index in [1.165, 1.54) is 0 Å². The van der Waals surface area contributed by atoms with Crippen LogP contribution < -0.4 is 10.5 Å². The van der Waals surface area contributed by atoms with E-state index in [1.54, 1.807) is 7.11 Å². The molecule has 0 aromatic heterocycles. The Balaban J connectivity index is 2.79. The molecule has 15 heavy (non-hydrogen) atoms. The molecule has 0 radical (unpaired) electrons. The summed E-state index contributed by atoms with van der Waals surface area (Å²) in [6.07, 6.45) is 1.79. The fourth-order valence-corrected chi connectivity index (χ4v) is 1.59. The van der Waals surface area contributed by atoms with E-state index in [0.29, 0.717) is 0 Å². The first-order valence-corrected chi connectivity index (χ1v) is 5.41. The van der Waals surface area contributed by atoms with E-state index < -0.39 is 0 Å². The van der Waals surface area contributed by atoms with Crippen LogP contribution in [0.2, 0.25) is 5.02 Å². The number of rotatable bonds is 4. The predicted octanol–water partition coefficient (Wildman–Crippen LogP) is 3.02. The van der Waals surface area contributed by atoms with Gasteiger partial charge in [-0.25, -0.2) is 0 Å². The van der Waals surface area contributed by atoms with Crippen molar-refractivity contribution in [3.63, 3.8) is 0 Å². The van der Waals surface area contributed by atoms with Crippen molar-refractivity contribution < 1.29 is 4.74 Å². The zero-order valence-corrected chi connectivity index (χ0v) is 10.3. The zero-order valence-electron chi connectivity index (χ0n) is 9.51. The fourth-order valence-electron chi connectivity index (χ4n) is 1.40. The van der Waals surface area contributed by atoms with Crippen LogP contribution in [0.4, 0.5) is 0 Å². The van der Waals surface area contributed by atoms with Gasteiger partial charge in [0.15, 0.2) is 0 Å². The van der Waals surface area contributed by atoms with Crippen LogP contribution in [0, 0.1) is 0 Å². The Labute approximate surface area is 96.4 Å². The summed E-state index contributed by atoms with van der Waals surface area (Å²) in [7, 11) is 1.67. The number of nitrogens with two attached hydrogens (primary N) is 1. The Morgan fingerprint density at radius 3 is 2.60 bits per heavy atom. The molecular formula is C12H18ClNO. The molecule has 0 atom stereocenters. The van der Waals surface area contributed by atoms with Gasteiger partial charge < -0.3 is 10.5 Å². The van der Waals surface area contributed by atoms with Gasteiger partial charge in [0.1, 0.15) is 5.75 Å². The summed E-state index contributed by atoms with van der Waals surface area (Å²) in [5, 5.41) is 0.737. The number of ether oxygens (including phenoxy) is 1. The van der Waals surface area contributed by atoms with Crippen molar-refractivity contribution in [2.45, 2.75) is 32.2 Å². The van der Waals surface area contributed by atoms with E-state index in [1.807, 2.05) is 32.0 Å². The summed E-state index contributed by atoms with van der Waals surface area (Å²) >= 11 is 5.94. The van der Waals surface area contributed by atoms with E-state index in [2.05, 4.69) is 0 Å². The third-order valence-corrected chi connectivity index (χ3v) is 2.52. The summed E-state index contributed by atoms with van der Waals surface area (Å²) in [6.45, 7) is 4.04. The Bertz CT molecular complexity index is 331. The molecule has 0 aliphatic rings. The topological polar surface area (TPSA) is 35.2 Å². The first kappa shape index (κ1) is 12.3. The van der Waals surface area contributed by atoms with E-state index >= 15 is 0 Å². The van der Waals surface area contributed by atoms with Gasteiger partial charge in [-0.15, -0.1) is 0 Å². The van der Waals surface area contributed by atoms with Crippen LogP contribution in [0.5, 0.6) is 5.75 Å². The summed E-state index contributed by atoms with van der Waals surface area (Å²) in [4.78, 5) is 0. The predicted molar refractivity (Wildman–Crippen MR) is 64.6 cm³/mol. The second kappa shape index (κ2) is 4.86. The van der Waals surface area contributed by atoms with Gasteiger partial charge >= 0.3 is 0 Å². The molecule has 0 aliphatic heterocycles. The van der Waals surface area contributed by atoms with Crippen molar-refractivity contribution in [3.05, 3.63) is 28.8 Å². The SMILES string of the molecule is COc1ccc(Cl)cc1CCC(C)(C)N. The quantitative estimate of drug-likeness (QED) is 0.858. The molecule has 84 valence electrons. The highest BCUT2D eigenvalue weighted by Gasteiger charge is 2.12. The van der Waals surface area contributed by atoms with Crippen molar-refractivity contribution in [3.8, 4) is 5.75 Å². The molecule has 0 saturated carbocycles. The number of halogens is 1. The monoisotopic (exact) mass is 227 g/mol. The largest absolute Gasteiger partial charge is 0.496 e. The maximum absolute atomic E-state index is 5.94. The Hall–Kier alpha value is -0.730. The van der Waals surface area contributed by atoms with Crippen LogP contribution in [-0.4, -0.2) is 12.6 Å². The molecule has 3 heteroatoms. The lowest BCUT2D eigenvalue weighted by Gasteiger charge is -2.19.